The second kappa shape index (κ2) is 5.40. The van der Waals surface area contributed by atoms with Crippen molar-refractivity contribution in [3.63, 3.8) is 0 Å². The van der Waals surface area contributed by atoms with Gasteiger partial charge < -0.3 is 5.73 Å². The normalized spacial score (nSPS) is 16.1. The van der Waals surface area contributed by atoms with Crippen molar-refractivity contribution in [3.05, 3.63) is 69.2 Å². The summed E-state index contributed by atoms with van der Waals surface area (Å²) in [5, 5.41) is 1.47. The molecule has 0 aromatic heterocycles. The largest absolute Gasteiger partial charge is 0.330 e. The molecule has 0 aliphatic heterocycles. The zero-order chi connectivity index (χ0) is 14.2. The van der Waals surface area contributed by atoms with Crippen molar-refractivity contribution in [2.45, 2.75) is 19.3 Å². The Balaban J connectivity index is 1.93. The first kappa shape index (κ1) is 13.9. The van der Waals surface area contributed by atoms with Gasteiger partial charge in [-0.05, 0) is 60.0 Å². The minimum Gasteiger partial charge on any atom is -0.330 e. The topological polar surface area (TPSA) is 26.0 Å². The number of nitrogens with two attached hydrogens (primary N) is 1. The molecule has 20 heavy (non-hydrogen) atoms. The van der Waals surface area contributed by atoms with Gasteiger partial charge in [0.05, 0.1) is 0 Å². The Morgan fingerprint density at radius 2 is 1.45 bits per heavy atom. The average Bonchev–Trinajstić information content (AvgIpc) is 2.82. The van der Waals surface area contributed by atoms with Gasteiger partial charge in [-0.3, -0.25) is 0 Å². The second-order valence-corrected chi connectivity index (χ2v) is 6.52. The Morgan fingerprint density at radius 1 is 0.900 bits per heavy atom. The lowest BCUT2D eigenvalue weighted by Crippen LogP contribution is -2.33. The van der Waals surface area contributed by atoms with E-state index in [2.05, 4.69) is 24.3 Å². The SMILES string of the molecule is NCC1(Cc2c(Cl)cccc2Cl)Cc2ccccc2C1. The molecule has 0 unspecified atom stereocenters. The van der Waals surface area contributed by atoms with Crippen molar-refractivity contribution in [3.8, 4) is 0 Å². The van der Waals surface area contributed by atoms with Gasteiger partial charge in [-0.25, -0.2) is 0 Å². The fourth-order valence-electron chi connectivity index (χ4n) is 3.19. The Labute approximate surface area is 129 Å². The molecule has 0 atom stereocenters. The zero-order valence-electron chi connectivity index (χ0n) is 11.2. The van der Waals surface area contributed by atoms with E-state index in [4.69, 9.17) is 28.9 Å². The molecule has 104 valence electrons. The molecule has 1 nitrogen and oxygen atoms in total. The van der Waals surface area contributed by atoms with E-state index >= 15 is 0 Å². The molecular weight excluding hydrogens is 289 g/mol. The van der Waals surface area contributed by atoms with Crippen molar-refractivity contribution in [1.29, 1.82) is 0 Å². The fourth-order valence-corrected chi connectivity index (χ4v) is 3.72. The van der Waals surface area contributed by atoms with Crippen LogP contribution in [0, 0.1) is 5.41 Å². The van der Waals surface area contributed by atoms with Crippen LogP contribution in [0.2, 0.25) is 10.0 Å². The van der Waals surface area contributed by atoms with Crippen LogP contribution in [0.5, 0.6) is 0 Å². The molecule has 2 aromatic carbocycles. The number of halogens is 2. The van der Waals surface area contributed by atoms with Gasteiger partial charge in [0.2, 0.25) is 0 Å². The zero-order valence-corrected chi connectivity index (χ0v) is 12.7. The van der Waals surface area contributed by atoms with Crippen LogP contribution in [0.1, 0.15) is 16.7 Å². The molecule has 1 aliphatic rings. The Morgan fingerprint density at radius 3 is 1.95 bits per heavy atom. The molecule has 2 aromatic rings. The van der Waals surface area contributed by atoms with Crippen molar-refractivity contribution in [2.24, 2.45) is 11.1 Å². The molecule has 0 heterocycles. The van der Waals surface area contributed by atoms with E-state index in [1.165, 1.54) is 11.1 Å². The number of hydrogen-bond donors (Lipinski definition) is 1. The predicted molar refractivity (Wildman–Crippen MR) is 85.5 cm³/mol. The molecule has 2 N–H and O–H groups in total. The Kier molecular flexibility index (Phi) is 3.76. The summed E-state index contributed by atoms with van der Waals surface area (Å²) in [6.07, 6.45) is 2.83. The van der Waals surface area contributed by atoms with Crippen molar-refractivity contribution < 1.29 is 0 Å². The molecule has 0 amide bonds. The minimum absolute atomic E-state index is 0.0400. The van der Waals surface area contributed by atoms with Gasteiger partial charge in [-0.1, -0.05) is 53.5 Å². The Bertz CT molecular complexity index is 591. The lowest BCUT2D eigenvalue weighted by atomic mass is 9.79. The average molecular weight is 306 g/mol. The van der Waals surface area contributed by atoms with Gasteiger partial charge >= 0.3 is 0 Å². The Hall–Kier alpha value is -1.02. The third kappa shape index (κ3) is 2.46. The van der Waals surface area contributed by atoms with Gasteiger partial charge in [0.1, 0.15) is 0 Å². The van der Waals surface area contributed by atoms with E-state index in [0.29, 0.717) is 6.54 Å². The van der Waals surface area contributed by atoms with E-state index in [9.17, 15) is 0 Å². The van der Waals surface area contributed by atoms with Crippen LogP contribution in [0.25, 0.3) is 0 Å². The van der Waals surface area contributed by atoms with Gasteiger partial charge in [0.25, 0.3) is 0 Å². The van der Waals surface area contributed by atoms with Crippen LogP contribution in [-0.4, -0.2) is 6.54 Å². The molecule has 3 rings (SSSR count). The number of hydrogen-bond acceptors (Lipinski definition) is 1. The van der Waals surface area contributed by atoms with Crippen molar-refractivity contribution >= 4 is 23.2 Å². The van der Waals surface area contributed by atoms with Gasteiger partial charge in [0, 0.05) is 10.0 Å². The molecule has 1 aliphatic carbocycles. The van der Waals surface area contributed by atoms with Crippen LogP contribution < -0.4 is 5.73 Å². The third-order valence-corrected chi connectivity index (χ3v) is 5.00. The fraction of sp³-hybridized carbons (Fsp3) is 0.294. The standard InChI is InChI=1S/C17H17Cl2N/c18-15-6-3-7-16(19)14(15)10-17(11-20)8-12-4-1-2-5-13(12)9-17/h1-7H,8-11,20H2. The van der Waals surface area contributed by atoms with E-state index in [-0.39, 0.29) is 5.41 Å². The minimum atomic E-state index is 0.0400. The first-order valence-electron chi connectivity index (χ1n) is 6.83. The van der Waals surface area contributed by atoms with E-state index in [0.717, 1.165) is 34.9 Å². The maximum absolute atomic E-state index is 6.31. The highest BCUT2D eigenvalue weighted by Gasteiger charge is 2.36. The highest BCUT2D eigenvalue weighted by atomic mass is 35.5. The summed E-state index contributed by atoms with van der Waals surface area (Å²) in [5.74, 6) is 0. The van der Waals surface area contributed by atoms with Gasteiger partial charge in [-0.2, -0.15) is 0 Å². The number of fused-ring (bicyclic) bond motifs is 1. The summed E-state index contributed by atoms with van der Waals surface area (Å²) in [6, 6.07) is 14.3. The van der Waals surface area contributed by atoms with Gasteiger partial charge in [0.15, 0.2) is 0 Å². The van der Waals surface area contributed by atoms with Gasteiger partial charge in [-0.15, -0.1) is 0 Å². The van der Waals surface area contributed by atoms with Crippen molar-refractivity contribution in [2.75, 3.05) is 6.54 Å². The van der Waals surface area contributed by atoms with Crippen LogP contribution in [0.15, 0.2) is 42.5 Å². The van der Waals surface area contributed by atoms with Crippen LogP contribution in [0.3, 0.4) is 0 Å². The summed E-state index contributed by atoms with van der Waals surface area (Å²) in [5.41, 5.74) is 9.98. The summed E-state index contributed by atoms with van der Waals surface area (Å²) in [4.78, 5) is 0. The molecule has 0 spiro atoms. The number of rotatable bonds is 3. The van der Waals surface area contributed by atoms with E-state index in [1.54, 1.807) is 0 Å². The van der Waals surface area contributed by atoms with Crippen LogP contribution >= 0.6 is 23.2 Å². The lowest BCUT2D eigenvalue weighted by molar-refractivity contribution is 0.315. The molecule has 0 saturated carbocycles. The second-order valence-electron chi connectivity index (χ2n) is 5.70. The van der Waals surface area contributed by atoms with Crippen molar-refractivity contribution in [1.82, 2.24) is 0 Å². The maximum Gasteiger partial charge on any atom is 0.0453 e. The first-order valence-corrected chi connectivity index (χ1v) is 7.59. The monoisotopic (exact) mass is 305 g/mol. The molecule has 0 fully saturated rings. The maximum atomic E-state index is 6.31. The molecule has 0 bridgehead atoms. The molecule has 0 saturated heterocycles. The quantitative estimate of drug-likeness (QED) is 0.900. The highest BCUT2D eigenvalue weighted by molar-refractivity contribution is 6.36. The first-order chi connectivity index (χ1) is 9.63. The summed E-state index contributed by atoms with van der Waals surface area (Å²) >= 11 is 12.6. The third-order valence-electron chi connectivity index (χ3n) is 4.30. The highest BCUT2D eigenvalue weighted by Crippen LogP contribution is 2.41. The van der Waals surface area contributed by atoms with Crippen LogP contribution in [-0.2, 0) is 19.3 Å². The summed E-state index contributed by atoms with van der Waals surface area (Å²) < 4.78 is 0. The van der Waals surface area contributed by atoms with E-state index < -0.39 is 0 Å². The summed E-state index contributed by atoms with van der Waals surface area (Å²) in [6.45, 7) is 0.642. The molecule has 3 heteroatoms. The van der Waals surface area contributed by atoms with E-state index in [1.807, 2.05) is 18.2 Å². The summed E-state index contributed by atoms with van der Waals surface area (Å²) in [7, 11) is 0. The number of benzene rings is 2. The predicted octanol–water partition coefficient (Wildman–Crippen LogP) is 4.28. The smallest absolute Gasteiger partial charge is 0.0453 e. The molecule has 0 radical (unpaired) electrons. The molecular formula is C17H17Cl2N. The van der Waals surface area contributed by atoms with Crippen LogP contribution in [0.4, 0.5) is 0 Å². The lowest BCUT2D eigenvalue weighted by Gasteiger charge is -2.28.